The summed E-state index contributed by atoms with van der Waals surface area (Å²) in [5.41, 5.74) is 9.07. The van der Waals surface area contributed by atoms with Gasteiger partial charge in [0.05, 0.1) is 18.7 Å². The number of rotatable bonds is 6. The Morgan fingerprint density at radius 3 is 2.36 bits per heavy atom. The molecule has 3 N–H and O–H groups in total. The molecule has 0 amide bonds. The van der Waals surface area contributed by atoms with Crippen molar-refractivity contribution in [3.05, 3.63) is 58.6 Å². The van der Waals surface area contributed by atoms with E-state index in [2.05, 4.69) is 53.6 Å². The molecule has 0 saturated carbocycles. The topological polar surface area (TPSA) is 62.9 Å². The molecule has 0 aliphatic heterocycles. The van der Waals surface area contributed by atoms with Crippen LogP contribution < -0.4 is 15.8 Å². The summed E-state index contributed by atoms with van der Waals surface area (Å²) in [4.78, 5) is 6.49. The Morgan fingerprint density at radius 2 is 1.80 bits per heavy atom. The van der Waals surface area contributed by atoms with Crippen LogP contribution in [0.25, 0.3) is 0 Å². The SMILES string of the molecule is COc1ccc(NC(N)=NCc2ccc(CN(C)C)cc2)cc1Cl.I. The van der Waals surface area contributed by atoms with Gasteiger partial charge in [-0.25, -0.2) is 4.99 Å². The summed E-state index contributed by atoms with van der Waals surface area (Å²) >= 11 is 6.09. The van der Waals surface area contributed by atoms with Gasteiger partial charge in [0.15, 0.2) is 5.96 Å². The molecule has 136 valence electrons. The Balaban J connectivity index is 0.00000312. The van der Waals surface area contributed by atoms with Crippen molar-refractivity contribution in [2.24, 2.45) is 10.7 Å². The predicted octanol–water partition coefficient (Wildman–Crippen LogP) is 3.96. The van der Waals surface area contributed by atoms with Crippen LogP contribution in [0.15, 0.2) is 47.5 Å². The number of benzene rings is 2. The third kappa shape index (κ3) is 7.09. The maximum absolute atomic E-state index is 6.09. The number of nitrogens with one attached hydrogen (secondary N) is 1. The van der Waals surface area contributed by atoms with Crippen LogP contribution in [0.2, 0.25) is 5.02 Å². The van der Waals surface area contributed by atoms with Gasteiger partial charge in [0, 0.05) is 12.2 Å². The predicted molar refractivity (Wildman–Crippen MR) is 116 cm³/mol. The number of ether oxygens (including phenoxy) is 1. The number of hydrogen-bond donors (Lipinski definition) is 2. The molecular weight excluding hydrogens is 451 g/mol. The molecule has 0 aromatic heterocycles. The van der Waals surface area contributed by atoms with E-state index in [9.17, 15) is 0 Å². The van der Waals surface area contributed by atoms with Crippen LogP contribution >= 0.6 is 35.6 Å². The summed E-state index contributed by atoms with van der Waals surface area (Å²) in [6.07, 6.45) is 0. The molecule has 0 spiro atoms. The molecule has 0 unspecified atom stereocenters. The Bertz CT molecular complexity index is 705. The maximum Gasteiger partial charge on any atom is 0.193 e. The lowest BCUT2D eigenvalue weighted by Crippen LogP contribution is -2.22. The molecule has 0 aliphatic rings. The van der Waals surface area contributed by atoms with E-state index < -0.39 is 0 Å². The van der Waals surface area contributed by atoms with E-state index in [1.165, 1.54) is 5.56 Å². The van der Waals surface area contributed by atoms with E-state index in [1.54, 1.807) is 19.2 Å². The van der Waals surface area contributed by atoms with Gasteiger partial charge < -0.3 is 20.7 Å². The van der Waals surface area contributed by atoms with Gasteiger partial charge in [-0.15, -0.1) is 24.0 Å². The maximum atomic E-state index is 6.09. The molecule has 0 saturated heterocycles. The summed E-state index contributed by atoms with van der Waals surface area (Å²) in [5, 5.41) is 3.54. The summed E-state index contributed by atoms with van der Waals surface area (Å²) in [5.74, 6) is 0.962. The number of nitrogens with two attached hydrogens (primary N) is 1. The second-order valence-corrected chi connectivity index (χ2v) is 6.14. The highest BCUT2D eigenvalue weighted by atomic mass is 127. The lowest BCUT2D eigenvalue weighted by atomic mass is 10.1. The van der Waals surface area contributed by atoms with Crippen molar-refractivity contribution < 1.29 is 4.74 Å². The molecule has 0 atom stereocenters. The first-order valence-electron chi connectivity index (χ1n) is 7.61. The van der Waals surface area contributed by atoms with Gasteiger partial charge in [-0.2, -0.15) is 0 Å². The average molecular weight is 475 g/mol. The fourth-order valence-corrected chi connectivity index (χ4v) is 2.48. The zero-order valence-corrected chi connectivity index (χ0v) is 17.7. The molecule has 2 rings (SSSR count). The molecule has 5 nitrogen and oxygen atoms in total. The van der Waals surface area contributed by atoms with E-state index in [-0.39, 0.29) is 24.0 Å². The normalized spacial score (nSPS) is 11.2. The highest BCUT2D eigenvalue weighted by Crippen LogP contribution is 2.27. The molecule has 0 aliphatic carbocycles. The van der Waals surface area contributed by atoms with E-state index in [0.717, 1.165) is 17.8 Å². The second kappa shape index (κ2) is 10.5. The standard InChI is InChI=1S/C18H23ClN4O.HI/c1-23(2)12-14-6-4-13(5-7-14)11-21-18(20)22-15-8-9-17(24-3)16(19)10-15;/h4-10H,11-12H2,1-3H3,(H3,20,21,22);1H. The fraction of sp³-hybridized carbons (Fsp3) is 0.278. The third-order valence-electron chi connectivity index (χ3n) is 3.38. The molecule has 2 aromatic carbocycles. The number of methoxy groups -OCH3 is 1. The van der Waals surface area contributed by atoms with Crippen LogP contribution in [-0.2, 0) is 13.1 Å². The first-order chi connectivity index (χ1) is 11.5. The molecule has 0 heterocycles. The minimum Gasteiger partial charge on any atom is -0.495 e. The Kier molecular flexibility index (Phi) is 9.02. The van der Waals surface area contributed by atoms with Gasteiger partial charge in [0.2, 0.25) is 0 Å². The van der Waals surface area contributed by atoms with E-state index in [1.807, 2.05) is 6.07 Å². The lowest BCUT2D eigenvalue weighted by molar-refractivity contribution is 0.402. The van der Waals surface area contributed by atoms with Crippen LogP contribution in [0.3, 0.4) is 0 Å². The quantitative estimate of drug-likeness (QED) is 0.378. The van der Waals surface area contributed by atoms with Crippen LogP contribution in [0.4, 0.5) is 5.69 Å². The number of nitrogens with zero attached hydrogens (tertiary/aromatic N) is 2. The van der Waals surface area contributed by atoms with Gasteiger partial charge in [0.1, 0.15) is 5.75 Å². The monoisotopic (exact) mass is 474 g/mol. The average Bonchev–Trinajstić information content (AvgIpc) is 2.54. The van der Waals surface area contributed by atoms with E-state index in [4.69, 9.17) is 22.1 Å². The Hall–Kier alpha value is -1.51. The van der Waals surface area contributed by atoms with Gasteiger partial charge in [0.25, 0.3) is 0 Å². The molecule has 0 bridgehead atoms. The van der Waals surface area contributed by atoms with Crippen molar-refractivity contribution in [2.75, 3.05) is 26.5 Å². The van der Waals surface area contributed by atoms with Crippen molar-refractivity contribution >= 4 is 47.2 Å². The first kappa shape index (κ1) is 21.5. The van der Waals surface area contributed by atoms with Crippen molar-refractivity contribution in [1.29, 1.82) is 0 Å². The molecule has 0 fully saturated rings. The third-order valence-corrected chi connectivity index (χ3v) is 3.67. The van der Waals surface area contributed by atoms with Gasteiger partial charge in [-0.1, -0.05) is 35.9 Å². The summed E-state index contributed by atoms with van der Waals surface area (Å²) in [7, 11) is 5.68. The number of halogens is 2. The van der Waals surface area contributed by atoms with E-state index >= 15 is 0 Å². The van der Waals surface area contributed by atoms with Gasteiger partial charge >= 0.3 is 0 Å². The van der Waals surface area contributed by atoms with Gasteiger partial charge in [-0.05, 0) is 43.4 Å². The van der Waals surface area contributed by atoms with Crippen LogP contribution in [0.5, 0.6) is 5.75 Å². The Labute approximate surface area is 171 Å². The summed E-state index contributed by atoms with van der Waals surface area (Å²) in [6.45, 7) is 1.44. The molecule has 25 heavy (non-hydrogen) atoms. The summed E-state index contributed by atoms with van der Waals surface area (Å²) < 4.78 is 5.12. The van der Waals surface area contributed by atoms with Crippen LogP contribution in [0.1, 0.15) is 11.1 Å². The van der Waals surface area contributed by atoms with Crippen molar-refractivity contribution in [3.8, 4) is 5.75 Å². The zero-order chi connectivity index (χ0) is 17.5. The van der Waals surface area contributed by atoms with Crippen LogP contribution in [0, 0.1) is 0 Å². The number of aliphatic imine (C=N–C) groups is 1. The number of guanidine groups is 1. The molecule has 7 heteroatoms. The second-order valence-electron chi connectivity index (χ2n) is 5.73. The zero-order valence-electron chi connectivity index (χ0n) is 14.6. The smallest absolute Gasteiger partial charge is 0.193 e. The minimum atomic E-state index is 0. The minimum absolute atomic E-state index is 0. The largest absolute Gasteiger partial charge is 0.495 e. The van der Waals surface area contributed by atoms with Crippen LogP contribution in [-0.4, -0.2) is 32.1 Å². The molecule has 0 radical (unpaired) electrons. The summed E-state index contributed by atoms with van der Waals surface area (Å²) in [6, 6.07) is 13.7. The van der Waals surface area contributed by atoms with Crippen molar-refractivity contribution in [1.82, 2.24) is 4.90 Å². The molecule has 2 aromatic rings. The number of anilines is 1. The number of hydrogen-bond acceptors (Lipinski definition) is 3. The Morgan fingerprint density at radius 1 is 1.16 bits per heavy atom. The van der Waals surface area contributed by atoms with Crippen molar-refractivity contribution in [2.45, 2.75) is 13.1 Å². The lowest BCUT2D eigenvalue weighted by Gasteiger charge is -2.10. The fourth-order valence-electron chi connectivity index (χ4n) is 2.22. The van der Waals surface area contributed by atoms with Crippen molar-refractivity contribution in [3.63, 3.8) is 0 Å². The van der Waals surface area contributed by atoms with Gasteiger partial charge in [-0.3, -0.25) is 0 Å². The highest BCUT2D eigenvalue weighted by Gasteiger charge is 2.03. The first-order valence-corrected chi connectivity index (χ1v) is 7.98. The van der Waals surface area contributed by atoms with E-state index in [0.29, 0.717) is 23.3 Å². The highest BCUT2D eigenvalue weighted by molar-refractivity contribution is 14.0. The molecular formula is C18H24ClIN4O.